The van der Waals surface area contributed by atoms with Crippen LogP contribution in [0.1, 0.15) is 45.4 Å². The standard InChI is InChI=1S/C13H24BrNO2/c1-2-10-17-11-13(16)15(9-8-14)12-6-4-3-5-7-12/h12H,2-11H2,1H3. The van der Waals surface area contributed by atoms with Crippen LogP contribution in [0.2, 0.25) is 0 Å². The monoisotopic (exact) mass is 305 g/mol. The van der Waals surface area contributed by atoms with Crippen LogP contribution in [-0.2, 0) is 9.53 Å². The van der Waals surface area contributed by atoms with Crippen molar-refractivity contribution in [1.82, 2.24) is 4.90 Å². The van der Waals surface area contributed by atoms with E-state index in [9.17, 15) is 4.79 Å². The molecule has 0 heterocycles. The van der Waals surface area contributed by atoms with Gasteiger partial charge in [-0.2, -0.15) is 0 Å². The van der Waals surface area contributed by atoms with E-state index in [4.69, 9.17) is 4.74 Å². The molecule has 1 saturated carbocycles. The number of carbonyl (C=O) groups is 1. The lowest BCUT2D eigenvalue weighted by Crippen LogP contribution is -2.44. The van der Waals surface area contributed by atoms with E-state index in [-0.39, 0.29) is 12.5 Å². The molecule has 0 radical (unpaired) electrons. The smallest absolute Gasteiger partial charge is 0.248 e. The molecule has 1 rings (SSSR count). The first-order valence-corrected chi connectivity index (χ1v) is 7.85. The number of halogens is 1. The van der Waals surface area contributed by atoms with Crippen molar-refractivity contribution in [3.8, 4) is 0 Å². The van der Waals surface area contributed by atoms with Gasteiger partial charge in [-0.25, -0.2) is 0 Å². The Morgan fingerprint density at radius 1 is 1.35 bits per heavy atom. The summed E-state index contributed by atoms with van der Waals surface area (Å²) in [6.07, 6.45) is 7.12. The first-order valence-electron chi connectivity index (χ1n) is 6.72. The molecule has 1 aliphatic carbocycles. The van der Waals surface area contributed by atoms with Crippen molar-refractivity contribution >= 4 is 21.8 Å². The molecule has 0 spiro atoms. The Labute approximate surface area is 113 Å². The van der Waals surface area contributed by atoms with Gasteiger partial charge in [0.2, 0.25) is 5.91 Å². The maximum atomic E-state index is 12.1. The summed E-state index contributed by atoms with van der Waals surface area (Å²) >= 11 is 3.43. The Morgan fingerprint density at radius 3 is 2.65 bits per heavy atom. The Balaban J connectivity index is 2.42. The summed E-state index contributed by atoms with van der Waals surface area (Å²) in [7, 11) is 0. The minimum Gasteiger partial charge on any atom is -0.372 e. The van der Waals surface area contributed by atoms with E-state index < -0.39 is 0 Å². The molecule has 1 amide bonds. The number of rotatable bonds is 7. The third-order valence-electron chi connectivity index (χ3n) is 3.24. The quantitative estimate of drug-likeness (QED) is 0.534. The van der Waals surface area contributed by atoms with Crippen LogP contribution in [0.5, 0.6) is 0 Å². The molecule has 0 bridgehead atoms. The molecule has 0 saturated heterocycles. The van der Waals surface area contributed by atoms with Crippen LogP contribution >= 0.6 is 15.9 Å². The van der Waals surface area contributed by atoms with E-state index in [1.54, 1.807) is 0 Å². The van der Waals surface area contributed by atoms with Gasteiger partial charge in [-0.3, -0.25) is 4.79 Å². The Morgan fingerprint density at radius 2 is 2.06 bits per heavy atom. The summed E-state index contributed by atoms with van der Waals surface area (Å²) in [5.41, 5.74) is 0. The van der Waals surface area contributed by atoms with Crippen LogP contribution in [0.25, 0.3) is 0 Å². The van der Waals surface area contributed by atoms with Crippen molar-refractivity contribution in [2.24, 2.45) is 0 Å². The largest absolute Gasteiger partial charge is 0.372 e. The average Bonchev–Trinajstić information content (AvgIpc) is 2.37. The highest BCUT2D eigenvalue weighted by Crippen LogP contribution is 2.22. The molecule has 0 unspecified atom stereocenters. The molecule has 0 aromatic rings. The SMILES string of the molecule is CCCOCC(=O)N(CCBr)C1CCCCC1. The Bertz CT molecular complexity index is 217. The van der Waals surface area contributed by atoms with E-state index in [1.165, 1.54) is 19.3 Å². The second-order valence-electron chi connectivity index (χ2n) is 4.62. The highest BCUT2D eigenvalue weighted by Gasteiger charge is 2.24. The minimum absolute atomic E-state index is 0.157. The van der Waals surface area contributed by atoms with Gasteiger partial charge in [0.25, 0.3) is 0 Å². The summed E-state index contributed by atoms with van der Waals surface area (Å²) in [6, 6.07) is 0.444. The second kappa shape index (κ2) is 8.92. The summed E-state index contributed by atoms with van der Waals surface area (Å²) in [5, 5.41) is 0.850. The lowest BCUT2D eigenvalue weighted by Gasteiger charge is -2.34. The van der Waals surface area contributed by atoms with E-state index in [0.717, 1.165) is 31.1 Å². The van der Waals surface area contributed by atoms with E-state index >= 15 is 0 Å². The fraction of sp³-hybridized carbons (Fsp3) is 0.923. The van der Waals surface area contributed by atoms with Gasteiger partial charge in [-0.1, -0.05) is 42.1 Å². The van der Waals surface area contributed by atoms with Crippen LogP contribution in [0.4, 0.5) is 0 Å². The highest BCUT2D eigenvalue weighted by molar-refractivity contribution is 9.09. The van der Waals surface area contributed by atoms with Crippen LogP contribution in [0, 0.1) is 0 Å². The third kappa shape index (κ3) is 5.38. The number of alkyl halides is 1. The number of nitrogens with zero attached hydrogens (tertiary/aromatic N) is 1. The van der Waals surface area contributed by atoms with Crippen molar-refractivity contribution in [3.05, 3.63) is 0 Å². The molecule has 17 heavy (non-hydrogen) atoms. The maximum Gasteiger partial charge on any atom is 0.248 e. The molecule has 0 aromatic heterocycles. The van der Waals surface area contributed by atoms with Gasteiger partial charge in [-0.05, 0) is 19.3 Å². The van der Waals surface area contributed by atoms with Gasteiger partial charge in [0.15, 0.2) is 0 Å². The minimum atomic E-state index is 0.157. The van der Waals surface area contributed by atoms with Crippen molar-refractivity contribution < 1.29 is 9.53 Å². The predicted octanol–water partition coefficient (Wildman–Crippen LogP) is 2.97. The Kier molecular flexibility index (Phi) is 7.86. The summed E-state index contributed by atoms with van der Waals surface area (Å²) < 4.78 is 5.36. The number of ether oxygens (including phenoxy) is 1. The van der Waals surface area contributed by atoms with Crippen LogP contribution < -0.4 is 0 Å². The zero-order valence-electron chi connectivity index (χ0n) is 10.8. The number of hydrogen-bond acceptors (Lipinski definition) is 2. The first-order chi connectivity index (χ1) is 8.29. The molecule has 0 aliphatic heterocycles. The van der Waals surface area contributed by atoms with Gasteiger partial charge in [-0.15, -0.1) is 0 Å². The number of amides is 1. The molecule has 0 N–H and O–H groups in total. The fourth-order valence-corrected chi connectivity index (χ4v) is 2.76. The molecule has 1 aliphatic rings. The summed E-state index contributed by atoms with van der Waals surface area (Å²) in [6.45, 7) is 3.79. The zero-order valence-corrected chi connectivity index (χ0v) is 12.4. The van der Waals surface area contributed by atoms with Crippen LogP contribution in [0.15, 0.2) is 0 Å². The summed E-state index contributed by atoms with van der Waals surface area (Å²) in [4.78, 5) is 14.1. The third-order valence-corrected chi connectivity index (χ3v) is 3.59. The molecule has 0 atom stereocenters. The molecular weight excluding hydrogens is 282 g/mol. The molecule has 4 heteroatoms. The first kappa shape index (κ1) is 15.0. The number of carbonyl (C=O) groups excluding carboxylic acids is 1. The maximum absolute atomic E-state index is 12.1. The van der Waals surface area contributed by atoms with Crippen molar-refractivity contribution in [2.75, 3.05) is 25.1 Å². The molecule has 3 nitrogen and oxygen atoms in total. The molecule has 1 fully saturated rings. The lowest BCUT2D eigenvalue weighted by molar-refractivity contribution is -0.138. The fourth-order valence-electron chi connectivity index (χ4n) is 2.38. The second-order valence-corrected chi connectivity index (χ2v) is 5.41. The van der Waals surface area contributed by atoms with Crippen LogP contribution in [0.3, 0.4) is 0 Å². The topological polar surface area (TPSA) is 29.5 Å². The van der Waals surface area contributed by atoms with E-state index in [0.29, 0.717) is 12.6 Å². The Hall–Kier alpha value is -0.0900. The normalized spacial score (nSPS) is 17.1. The van der Waals surface area contributed by atoms with Gasteiger partial charge in [0.05, 0.1) is 0 Å². The van der Waals surface area contributed by atoms with Gasteiger partial charge in [0.1, 0.15) is 6.61 Å². The van der Waals surface area contributed by atoms with Crippen molar-refractivity contribution in [2.45, 2.75) is 51.5 Å². The average molecular weight is 306 g/mol. The van der Waals surface area contributed by atoms with Crippen LogP contribution in [-0.4, -0.2) is 41.9 Å². The molecular formula is C13H24BrNO2. The van der Waals surface area contributed by atoms with Crippen molar-refractivity contribution in [3.63, 3.8) is 0 Å². The predicted molar refractivity (Wildman–Crippen MR) is 73.5 cm³/mol. The van der Waals surface area contributed by atoms with Crippen molar-refractivity contribution in [1.29, 1.82) is 0 Å². The molecule has 0 aromatic carbocycles. The zero-order chi connectivity index (χ0) is 12.5. The molecule has 100 valence electrons. The highest BCUT2D eigenvalue weighted by atomic mass is 79.9. The lowest BCUT2D eigenvalue weighted by atomic mass is 9.94. The van der Waals surface area contributed by atoms with E-state index in [1.807, 2.05) is 4.90 Å². The van der Waals surface area contributed by atoms with Gasteiger partial charge >= 0.3 is 0 Å². The van der Waals surface area contributed by atoms with Gasteiger partial charge in [0, 0.05) is 24.5 Å². The summed E-state index contributed by atoms with van der Waals surface area (Å²) in [5.74, 6) is 0.157. The van der Waals surface area contributed by atoms with Gasteiger partial charge < -0.3 is 9.64 Å². The van der Waals surface area contributed by atoms with E-state index in [2.05, 4.69) is 22.9 Å². The number of hydrogen-bond donors (Lipinski definition) is 0.